The van der Waals surface area contributed by atoms with Crippen LogP contribution in [0.1, 0.15) is 38.5 Å². The van der Waals surface area contributed by atoms with E-state index >= 15 is 0 Å². The van der Waals surface area contributed by atoms with E-state index in [1.807, 2.05) is 0 Å². The van der Waals surface area contributed by atoms with Crippen molar-refractivity contribution in [3.63, 3.8) is 0 Å². The van der Waals surface area contributed by atoms with Gasteiger partial charge in [-0.15, -0.1) is 24.8 Å². The summed E-state index contributed by atoms with van der Waals surface area (Å²) < 4.78 is 5.43. The lowest BCUT2D eigenvalue weighted by molar-refractivity contribution is -0.131. The molecule has 2 bridgehead atoms. The Morgan fingerprint density at radius 1 is 1.00 bits per heavy atom. The van der Waals surface area contributed by atoms with Crippen molar-refractivity contribution in [1.29, 1.82) is 0 Å². The molecule has 4 aliphatic rings. The van der Waals surface area contributed by atoms with Crippen LogP contribution < -0.4 is 5.32 Å². The zero-order valence-corrected chi connectivity index (χ0v) is 16.0. The number of likely N-dealkylation sites (tertiary alicyclic amines) is 1. The minimum absolute atomic E-state index is 0. The number of ether oxygens (including phenoxy) is 1. The van der Waals surface area contributed by atoms with E-state index in [0.29, 0.717) is 30.0 Å². The van der Waals surface area contributed by atoms with Crippen LogP contribution in [0.2, 0.25) is 0 Å². The van der Waals surface area contributed by atoms with Crippen LogP contribution in [0.3, 0.4) is 0 Å². The Morgan fingerprint density at radius 3 is 2.33 bits per heavy atom. The van der Waals surface area contributed by atoms with Gasteiger partial charge in [0.05, 0.1) is 13.2 Å². The number of rotatable bonds is 3. The monoisotopic (exact) mass is 379 g/mol. The lowest BCUT2D eigenvalue weighted by atomic mass is 9.89. The number of piperidine rings is 1. The smallest absolute Gasteiger partial charge is 0.222 e. The lowest BCUT2D eigenvalue weighted by Crippen LogP contribution is -2.45. The zero-order chi connectivity index (χ0) is 14.9. The summed E-state index contributed by atoms with van der Waals surface area (Å²) in [7, 11) is 0. The van der Waals surface area contributed by atoms with Gasteiger partial charge in [0.15, 0.2) is 0 Å². The number of halogens is 2. The first kappa shape index (κ1) is 20.2. The van der Waals surface area contributed by atoms with Gasteiger partial charge >= 0.3 is 0 Å². The number of hydrogen-bond donors (Lipinski definition) is 1. The predicted octanol–water partition coefficient (Wildman–Crippen LogP) is 1.68. The molecule has 4 saturated heterocycles. The molecule has 0 aromatic carbocycles. The summed E-state index contributed by atoms with van der Waals surface area (Å²) in [6.45, 7) is 5.66. The third kappa shape index (κ3) is 4.55. The van der Waals surface area contributed by atoms with Crippen molar-refractivity contribution in [1.82, 2.24) is 15.1 Å². The highest BCUT2D eigenvalue weighted by Crippen LogP contribution is 2.33. The van der Waals surface area contributed by atoms with Crippen LogP contribution in [-0.4, -0.2) is 73.2 Å². The maximum Gasteiger partial charge on any atom is 0.222 e. The van der Waals surface area contributed by atoms with Crippen molar-refractivity contribution in [2.24, 2.45) is 5.92 Å². The highest BCUT2D eigenvalue weighted by molar-refractivity contribution is 5.85. The van der Waals surface area contributed by atoms with Crippen LogP contribution >= 0.6 is 24.8 Å². The van der Waals surface area contributed by atoms with Gasteiger partial charge in [-0.3, -0.25) is 9.69 Å². The van der Waals surface area contributed by atoms with E-state index in [1.165, 1.54) is 25.7 Å². The molecule has 1 amide bonds. The summed E-state index contributed by atoms with van der Waals surface area (Å²) in [5.41, 5.74) is 0. The molecule has 0 aromatic heterocycles. The number of fused-ring (bicyclic) bond motifs is 2. The van der Waals surface area contributed by atoms with E-state index < -0.39 is 0 Å². The number of carbonyl (C=O) groups is 1. The van der Waals surface area contributed by atoms with Gasteiger partial charge in [-0.2, -0.15) is 0 Å². The summed E-state index contributed by atoms with van der Waals surface area (Å²) in [4.78, 5) is 17.3. The molecule has 4 fully saturated rings. The molecule has 0 aliphatic carbocycles. The van der Waals surface area contributed by atoms with Crippen LogP contribution in [0.4, 0.5) is 0 Å². The second kappa shape index (κ2) is 9.04. The van der Waals surface area contributed by atoms with E-state index in [2.05, 4.69) is 15.1 Å². The first-order valence-corrected chi connectivity index (χ1v) is 9.13. The maximum atomic E-state index is 12.6. The fourth-order valence-corrected chi connectivity index (χ4v) is 4.93. The molecule has 1 N–H and O–H groups in total. The molecular weight excluding hydrogens is 349 g/mol. The summed E-state index contributed by atoms with van der Waals surface area (Å²) in [6.07, 6.45) is 6.98. The molecule has 0 radical (unpaired) electrons. The summed E-state index contributed by atoms with van der Waals surface area (Å²) in [5, 5.41) is 3.67. The normalized spacial score (nSPS) is 36.1. The van der Waals surface area contributed by atoms with E-state index in [-0.39, 0.29) is 24.8 Å². The van der Waals surface area contributed by atoms with Gasteiger partial charge in [0.25, 0.3) is 0 Å². The Bertz CT molecular complexity index is 409. The Morgan fingerprint density at radius 2 is 1.67 bits per heavy atom. The first-order chi connectivity index (χ1) is 10.8. The van der Waals surface area contributed by atoms with Gasteiger partial charge in [0.2, 0.25) is 5.91 Å². The molecule has 5 nitrogen and oxygen atoms in total. The summed E-state index contributed by atoms with van der Waals surface area (Å²) >= 11 is 0. The van der Waals surface area contributed by atoms with Crippen molar-refractivity contribution < 1.29 is 9.53 Å². The number of morpholine rings is 1. The maximum absolute atomic E-state index is 12.6. The van der Waals surface area contributed by atoms with Crippen molar-refractivity contribution in [3.05, 3.63) is 0 Å². The van der Waals surface area contributed by atoms with Gasteiger partial charge in [-0.05, 0) is 38.0 Å². The Kier molecular flexibility index (Phi) is 7.62. The Balaban J connectivity index is 0.00000104. The summed E-state index contributed by atoms with van der Waals surface area (Å²) in [6, 6.07) is 1.95. The van der Waals surface area contributed by atoms with Crippen molar-refractivity contribution in [2.45, 2.75) is 56.7 Å². The van der Waals surface area contributed by atoms with E-state index in [9.17, 15) is 4.79 Å². The van der Waals surface area contributed by atoms with Crippen molar-refractivity contribution in [3.8, 4) is 0 Å². The Hall–Kier alpha value is -0.0700. The quantitative estimate of drug-likeness (QED) is 0.810. The number of nitrogens with one attached hydrogen (secondary N) is 1. The third-order valence-electron chi connectivity index (χ3n) is 6.11. The standard InChI is InChI=1S/C17H29N3O2.2ClH/c21-17(11-13-9-14-1-2-15(10-13)18-14)20-4-3-16(12-20)19-5-7-22-8-6-19;;/h13-16,18H,1-12H2;2*1H. The molecule has 3 atom stereocenters. The van der Waals surface area contributed by atoms with Crippen molar-refractivity contribution in [2.75, 3.05) is 39.4 Å². The average Bonchev–Trinajstić information content (AvgIpc) is 3.15. The van der Waals surface area contributed by atoms with Gasteiger partial charge in [-0.25, -0.2) is 0 Å². The number of amides is 1. The van der Waals surface area contributed by atoms with Crippen LogP contribution in [0, 0.1) is 5.92 Å². The Labute approximate surface area is 157 Å². The van der Waals surface area contributed by atoms with E-state index in [4.69, 9.17) is 4.74 Å². The molecule has 3 unspecified atom stereocenters. The topological polar surface area (TPSA) is 44.8 Å². The van der Waals surface area contributed by atoms with Gasteiger partial charge in [0, 0.05) is 50.7 Å². The molecule has 0 saturated carbocycles. The first-order valence-electron chi connectivity index (χ1n) is 9.13. The predicted molar refractivity (Wildman–Crippen MR) is 99.2 cm³/mol. The second-order valence-electron chi connectivity index (χ2n) is 7.61. The molecule has 4 rings (SSSR count). The molecule has 24 heavy (non-hydrogen) atoms. The molecule has 7 heteroatoms. The van der Waals surface area contributed by atoms with E-state index in [0.717, 1.165) is 52.2 Å². The highest BCUT2D eigenvalue weighted by Gasteiger charge is 2.36. The van der Waals surface area contributed by atoms with Crippen LogP contribution in [0.5, 0.6) is 0 Å². The number of carbonyl (C=O) groups excluding carboxylic acids is 1. The molecule has 0 spiro atoms. The minimum Gasteiger partial charge on any atom is -0.379 e. The third-order valence-corrected chi connectivity index (χ3v) is 6.11. The number of hydrogen-bond acceptors (Lipinski definition) is 4. The fourth-order valence-electron chi connectivity index (χ4n) is 4.93. The second-order valence-corrected chi connectivity index (χ2v) is 7.61. The molecule has 4 aliphatic heterocycles. The van der Waals surface area contributed by atoms with Crippen LogP contribution in [0.15, 0.2) is 0 Å². The van der Waals surface area contributed by atoms with Gasteiger partial charge in [0.1, 0.15) is 0 Å². The SMILES string of the molecule is Cl.Cl.O=C(CC1CC2CCC(C1)N2)N1CCC(N2CCOCC2)C1. The van der Waals surface area contributed by atoms with Crippen molar-refractivity contribution >= 4 is 30.7 Å². The number of nitrogens with zero attached hydrogens (tertiary/aromatic N) is 2. The van der Waals surface area contributed by atoms with Crippen LogP contribution in [-0.2, 0) is 9.53 Å². The molecule has 0 aromatic rings. The lowest BCUT2D eigenvalue weighted by Gasteiger charge is -2.32. The minimum atomic E-state index is 0. The highest BCUT2D eigenvalue weighted by atomic mass is 35.5. The van der Waals surface area contributed by atoms with E-state index in [1.54, 1.807) is 0 Å². The van der Waals surface area contributed by atoms with Crippen LogP contribution in [0.25, 0.3) is 0 Å². The molecule has 4 heterocycles. The molecule has 140 valence electrons. The fraction of sp³-hybridized carbons (Fsp3) is 0.941. The largest absolute Gasteiger partial charge is 0.379 e. The average molecular weight is 380 g/mol. The summed E-state index contributed by atoms with van der Waals surface area (Å²) in [5.74, 6) is 1.02. The van der Waals surface area contributed by atoms with Gasteiger partial charge < -0.3 is 15.0 Å². The zero-order valence-electron chi connectivity index (χ0n) is 14.3. The van der Waals surface area contributed by atoms with Gasteiger partial charge in [-0.1, -0.05) is 0 Å². The molecular formula is C17H31Cl2N3O2.